The second kappa shape index (κ2) is 14.2. The third-order valence-electron chi connectivity index (χ3n) is 8.90. The number of carbonyl (C=O) groups excluding carboxylic acids is 3. The van der Waals surface area contributed by atoms with Gasteiger partial charge in [0, 0.05) is 39.3 Å². The average molecular weight is 684 g/mol. The number of nitrogens with one attached hydrogen (secondary N) is 1. The molecule has 2 aliphatic rings. The van der Waals surface area contributed by atoms with E-state index in [0.29, 0.717) is 23.0 Å². The maximum atomic E-state index is 14.3. The van der Waals surface area contributed by atoms with Crippen LogP contribution in [0.2, 0.25) is 10.0 Å². The lowest BCUT2D eigenvalue weighted by Crippen LogP contribution is -2.66. The highest BCUT2D eigenvalue weighted by molar-refractivity contribution is 6.42. The largest absolute Gasteiger partial charge is 0.378 e. The van der Waals surface area contributed by atoms with Crippen LogP contribution >= 0.6 is 23.2 Å². The van der Waals surface area contributed by atoms with Crippen molar-refractivity contribution in [3.05, 3.63) is 112 Å². The number of hydrazine groups is 1. The fourth-order valence-corrected chi connectivity index (χ4v) is 6.78. The molecule has 2 atom stereocenters. The molecule has 2 saturated heterocycles. The summed E-state index contributed by atoms with van der Waals surface area (Å²) in [6, 6.07) is 26.0. The maximum absolute atomic E-state index is 14.3. The molecule has 0 radical (unpaired) electrons. The Kier molecular flexibility index (Phi) is 9.78. The predicted octanol–water partition coefficient (Wildman–Crippen LogP) is 5.40. The molecule has 11 heteroatoms. The van der Waals surface area contributed by atoms with Crippen molar-refractivity contribution in [1.29, 1.82) is 0 Å². The number of anilines is 1. The molecule has 0 bridgehead atoms. The molecule has 0 saturated carbocycles. The van der Waals surface area contributed by atoms with Gasteiger partial charge in [-0.15, -0.1) is 6.42 Å². The first-order valence-corrected chi connectivity index (χ1v) is 16.4. The van der Waals surface area contributed by atoms with E-state index < -0.39 is 18.2 Å². The molecule has 0 aliphatic carbocycles. The van der Waals surface area contributed by atoms with E-state index in [2.05, 4.69) is 11.2 Å². The first-order valence-electron chi connectivity index (χ1n) is 15.7. The van der Waals surface area contributed by atoms with Crippen molar-refractivity contribution in [2.24, 2.45) is 0 Å². The summed E-state index contributed by atoms with van der Waals surface area (Å²) in [6.07, 6.45) is 5.47. The van der Waals surface area contributed by atoms with E-state index in [1.807, 2.05) is 85.7 Å². The van der Waals surface area contributed by atoms with Gasteiger partial charge in [-0.05, 0) is 51.7 Å². The number of benzene rings is 4. The van der Waals surface area contributed by atoms with Crippen molar-refractivity contribution in [3.63, 3.8) is 0 Å². The number of rotatable bonds is 9. The molecule has 1 N–H and O–H groups in total. The Bertz CT molecular complexity index is 1890. The van der Waals surface area contributed by atoms with Crippen LogP contribution < -0.4 is 10.2 Å². The molecule has 6 rings (SSSR count). The quantitative estimate of drug-likeness (QED) is 0.240. The molecular weight excluding hydrogens is 647 g/mol. The van der Waals surface area contributed by atoms with Crippen LogP contribution in [0.5, 0.6) is 0 Å². The first-order chi connectivity index (χ1) is 23.1. The monoisotopic (exact) mass is 682 g/mol. The summed E-state index contributed by atoms with van der Waals surface area (Å²) >= 11 is 12.2. The summed E-state index contributed by atoms with van der Waals surface area (Å²) < 4.78 is 0. The van der Waals surface area contributed by atoms with Crippen molar-refractivity contribution < 1.29 is 14.4 Å². The van der Waals surface area contributed by atoms with Gasteiger partial charge in [-0.25, -0.2) is 9.80 Å². The SMILES string of the molecule is C#CCN(C(=O)NCc1ccc(Cl)c(Cl)c1)N1CC(=O)N2[C@@H](Cc3ccc(N(C)C)cc3)C(=O)N(Cc3cccc4ccccc34)C[C@@H]21. The average Bonchev–Trinajstić information content (AvgIpc) is 3.41. The van der Waals surface area contributed by atoms with Gasteiger partial charge < -0.3 is 20.0 Å². The molecule has 2 heterocycles. The Hall–Kier alpha value is -4.75. The minimum atomic E-state index is -0.770. The van der Waals surface area contributed by atoms with Gasteiger partial charge in [-0.1, -0.05) is 89.8 Å². The number of terminal acetylenes is 1. The Morgan fingerprint density at radius 2 is 1.69 bits per heavy atom. The summed E-state index contributed by atoms with van der Waals surface area (Å²) in [5.41, 5.74) is 3.71. The summed E-state index contributed by atoms with van der Waals surface area (Å²) in [4.78, 5) is 47.3. The lowest BCUT2D eigenvalue weighted by atomic mass is 9.98. The number of amides is 4. The van der Waals surface area contributed by atoms with Crippen LogP contribution in [-0.2, 0) is 29.1 Å². The highest BCUT2D eigenvalue weighted by Crippen LogP contribution is 2.32. The van der Waals surface area contributed by atoms with Crippen LogP contribution in [0.15, 0.2) is 84.9 Å². The Morgan fingerprint density at radius 3 is 2.42 bits per heavy atom. The van der Waals surface area contributed by atoms with Crippen molar-refractivity contribution >= 4 is 57.5 Å². The van der Waals surface area contributed by atoms with Gasteiger partial charge in [-0.2, -0.15) is 5.01 Å². The van der Waals surface area contributed by atoms with E-state index in [1.165, 1.54) is 5.01 Å². The summed E-state index contributed by atoms with van der Waals surface area (Å²) in [7, 11) is 3.94. The second-order valence-electron chi connectivity index (χ2n) is 12.2. The fourth-order valence-electron chi connectivity index (χ4n) is 6.46. The zero-order chi connectivity index (χ0) is 33.9. The molecule has 0 unspecified atom stereocenters. The Labute approximate surface area is 290 Å². The summed E-state index contributed by atoms with van der Waals surface area (Å²) in [5.74, 6) is 2.18. The van der Waals surface area contributed by atoms with Crippen molar-refractivity contribution in [2.45, 2.75) is 31.7 Å². The zero-order valence-corrected chi connectivity index (χ0v) is 28.3. The minimum absolute atomic E-state index is 0.0707. The number of urea groups is 1. The lowest BCUT2D eigenvalue weighted by molar-refractivity contribution is -0.157. The number of carbonyl (C=O) groups is 3. The molecular formula is C37H36Cl2N6O3. The Balaban J connectivity index is 1.31. The smallest absolute Gasteiger partial charge is 0.333 e. The van der Waals surface area contributed by atoms with Crippen LogP contribution in [0.3, 0.4) is 0 Å². The topological polar surface area (TPSA) is 79.4 Å². The number of hydrogen-bond acceptors (Lipinski definition) is 5. The van der Waals surface area contributed by atoms with Gasteiger partial charge in [0.15, 0.2) is 0 Å². The molecule has 4 amide bonds. The van der Waals surface area contributed by atoms with E-state index in [9.17, 15) is 14.4 Å². The molecule has 48 heavy (non-hydrogen) atoms. The van der Waals surface area contributed by atoms with Crippen LogP contribution in [0.1, 0.15) is 16.7 Å². The van der Waals surface area contributed by atoms with E-state index in [0.717, 1.165) is 33.2 Å². The normalized spacial score (nSPS) is 17.7. The van der Waals surface area contributed by atoms with Crippen molar-refractivity contribution in [3.8, 4) is 12.3 Å². The van der Waals surface area contributed by atoms with Crippen molar-refractivity contribution in [1.82, 2.24) is 25.1 Å². The van der Waals surface area contributed by atoms with E-state index in [4.69, 9.17) is 29.6 Å². The number of halogens is 2. The highest BCUT2D eigenvalue weighted by atomic mass is 35.5. The van der Waals surface area contributed by atoms with E-state index in [-0.39, 0.29) is 38.0 Å². The first kappa shape index (κ1) is 33.2. The summed E-state index contributed by atoms with van der Waals surface area (Å²) in [5, 5.41) is 8.90. The molecule has 246 valence electrons. The van der Waals surface area contributed by atoms with Gasteiger partial charge in [0.1, 0.15) is 12.2 Å². The van der Waals surface area contributed by atoms with Gasteiger partial charge >= 0.3 is 6.03 Å². The molecule has 2 fully saturated rings. The Morgan fingerprint density at radius 1 is 0.958 bits per heavy atom. The van der Waals surface area contributed by atoms with E-state index in [1.54, 1.807) is 33.0 Å². The fraction of sp³-hybridized carbons (Fsp3) is 0.270. The molecule has 0 spiro atoms. The second-order valence-corrected chi connectivity index (χ2v) is 13.0. The lowest BCUT2D eigenvalue weighted by Gasteiger charge is -2.46. The number of nitrogens with zero attached hydrogens (tertiary/aromatic N) is 5. The van der Waals surface area contributed by atoms with Gasteiger partial charge in [0.05, 0.1) is 29.7 Å². The maximum Gasteiger partial charge on any atom is 0.333 e. The molecule has 4 aromatic rings. The molecule has 9 nitrogen and oxygen atoms in total. The summed E-state index contributed by atoms with van der Waals surface area (Å²) in [6.45, 7) is 0.549. The minimum Gasteiger partial charge on any atom is -0.378 e. The van der Waals surface area contributed by atoms with E-state index >= 15 is 0 Å². The van der Waals surface area contributed by atoms with Gasteiger partial charge in [0.2, 0.25) is 11.8 Å². The van der Waals surface area contributed by atoms with Crippen LogP contribution in [0.4, 0.5) is 10.5 Å². The van der Waals surface area contributed by atoms with Crippen LogP contribution in [0, 0.1) is 12.3 Å². The van der Waals surface area contributed by atoms with Crippen LogP contribution in [-0.4, -0.2) is 83.6 Å². The van der Waals surface area contributed by atoms with Gasteiger partial charge in [-0.3, -0.25) is 9.59 Å². The van der Waals surface area contributed by atoms with Crippen molar-refractivity contribution in [2.75, 3.05) is 38.6 Å². The number of piperazine rings is 1. The number of fused-ring (bicyclic) bond motifs is 2. The molecule has 4 aromatic carbocycles. The van der Waals surface area contributed by atoms with Crippen LogP contribution in [0.25, 0.3) is 10.8 Å². The zero-order valence-electron chi connectivity index (χ0n) is 26.8. The van der Waals surface area contributed by atoms with Gasteiger partial charge in [0.25, 0.3) is 0 Å². The number of hydrogen-bond donors (Lipinski definition) is 1. The molecule has 2 aliphatic heterocycles. The third kappa shape index (κ3) is 6.78. The standard InChI is InChI=1S/C37H36Cl2N6O3/c1-4-18-43(37(48)40-21-26-14-17-31(38)32(39)19-26)44-24-35(46)45-33(20-25-12-15-29(16-13-25)41(2)3)36(47)42(23-34(44)45)22-28-10-7-9-27-8-5-6-11-30(27)28/h1,5-17,19,33-34H,18,20-24H2,2-3H3,(H,40,48)/t33-,34+/m0/s1. The molecule has 0 aromatic heterocycles. The predicted molar refractivity (Wildman–Crippen MR) is 189 cm³/mol. The highest BCUT2D eigenvalue weighted by Gasteiger charge is 2.52. The third-order valence-corrected chi connectivity index (χ3v) is 9.64.